The van der Waals surface area contributed by atoms with E-state index in [2.05, 4.69) is 34.2 Å². The fourth-order valence-corrected chi connectivity index (χ4v) is 1.63. The summed E-state index contributed by atoms with van der Waals surface area (Å²) in [6.45, 7) is 4.23. The van der Waals surface area contributed by atoms with Crippen molar-refractivity contribution < 1.29 is 4.74 Å². The molecular weight excluding hydrogens is 268 g/mol. The molecule has 0 aliphatic carbocycles. The number of benzene rings is 1. The summed E-state index contributed by atoms with van der Waals surface area (Å²) in [5.74, 6) is 0. The van der Waals surface area contributed by atoms with Gasteiger partial charge >= 0.3 is 0 Å². The zero-order valence-electron chi connectivity index (χ0n) is 9.29. The molecule has 4 heteroatoms. The van der Waals surface area contributed by atoms with Gasteiger partial charge in [-0.15, -0.1) is 0 Å². The summed E-state index contributed by atoms with van der Waals surface area (Å²) in [6.07, 6.45) is 1.03. The Morgan fingerprint density at radius 3 is 2.94 bits per heavy atom. The predicted molar refractivity (Wildman–Crippen MR) is 68.5 cm³/mol. The minimum Gasteiger partial charge on any atom is -0.382 e. The standard InChI is InChI=1S/C12H15BrN2O/c1-2-6-16-7-5-15-12-8-11(13)4-3-10(12)9-14/h3-4,8,15H,2,5-7H2,1H3. The lowest BCUT2D eigenvalue weighted by atomic mass is 10.2. The van der Waals surface area contributed by atoms with E-state index in [1.165, 1.54) is 0 Å². The molecule has 1 N–H and O–H groups in total. The lowest BCUT2D eigenvalue weighted by Gasteiger charge is -2.08. The van der Waals surface area contributed by atoms with Crippen LogP contribution in [0.2, 0.25) is 0 Å². The summed E-state index contributed by atoms with van der Waals surface area (Å²) in [5.41, 5.74) is 1.50. The maximum absolute atomic E-state index is 8.91. The molecule has 0 radical (unpaired) electrons. The molecule has 1 aromatic carbocycles. The first kappa shape index (κ1) is 13.0. The van der Waals surface area contributed by atoms with E-state index in [1.54, 1.807) is 6.07 Å². The quantitative estimate of drug-likeness (QED) is 0.816. The minimum atomic E-state index is 0.652. The molecule has 0 saturated heterocycles. The van der Waals surface area contributed by atoms with Crippen molar-refractivity contribution in [2.75, 3.05) is 25.1 Å². The lowest BCUT2D eigenvalue weighted by molar-refractivity contribution is 0.144. The Bertz CT molecular complexity index is 374. The summed E-state index contributed by atoms with van der Waals surface area (Å²) in [7, 11) is 0. The van der Waals surface area contributed by atoms with Crippen LogP contribution in [0.1, 0.15) is 18.9 Å². The van der Waals surface area contributed by atoms with Gasteiger partial charge < -0.3 is 10.1 Å². The van der Waals surface area contributed by atoms with Crippen LogP contribution in [0, 0.1) is 11.3 Å². The van der Waals surface area contributed by atoms with Gasteiger partial charge in [-0.1, -0.05) is 22.9 Å². The number of rotatable bonds is 6. The molecule has 3 nitrogen and oxygen atoms in total. The normalized spacial score (nSPS) is 9.81. The Morgan fingerprint density at radius 1 is 1.44 bits per heavy atom. The number of nitrogens with zero attached hydrogens (tertiary/aromatic N) is 1. The van der Waals surface area contributed by atoms with Gasteiger partial charge in [-0.3, -0.25) is 0 Å². The van der Waals surface area contributed by atoms with Gasteiger partial charge in [0.2, 0.25) is 0 Å². The van der Waals surface area contributed by atoms with Crippen LogP contribution in [-0.2, 0) is 4.74 Å². The average molecular weight is 283 g/mol. The highest BCUT2D eigenvalue weighted by Crippen LogP contribution is 2.20. The molecule has 0 atom stereocenters. The summed E-state index contributed by atoms with van der Waals surface area (Å²) >= 11 is 3.38. The van der Waals surface area contributed by atoms with Crippen LogP contribution in [0.25, 0.3) is 0 Å². The van der Waals surface area contributed by atoms with Crippen LogP contribution in [0.4, 0.5) is 5.69 Å². The van der Waals surface area contributed by atoms with Crippen molar-refractivity contribution in [2.45, 2.75) is 13.3 Å². The van der Waals surface area contributed by atoms with E-state index in [-0.39, 0.29) is 0 Å². The van der Waals surface area contributed by atoms with Crippen molar-refractivity contribution in [3.05, 3.63) is 28.2 Å². The van der Waals surface area contributed by atoms with E-state index >= 15 is 0 Å². The molecule has 0 aliphatic heterocycles. The predicted octanol–water partition coefficient (Wildman–Crippen LogP) is 3.16. The first-order valence-corrected chi connectivity index (χ1v) is 6.08. The molecule has 1 aromatic rings. The largest absolute Gasteiger partial charge is 0.382 e. The van der Waals surface area contributed by atoms with E-state index < -0.39 is 0 Å². The van der Waals surface area contributed by atoms with Crippen LogP contribution in [0.3, 0.4) is 0 Å². The third-order valence-electron chi connectivity index (χ3n) is 2.01. The second-order valence-corrected chi connectivity index (χ2v) is 4.26. The van der Waals surface area contributed by atoms with E-state index in [4.69, 9.17) is 10.00 Å². The molecule has 0 fully saturated rings. The number of nitriles is 1. The Hall–Kier alpha value is -1.05. The van der Waals surface area contributed by atoms with E-state index in [1.807, 2.05) is 12.1 Å². The summed E-state index contributed by atoms with van der Waals surface area (Å²) in [4.78, 5) is 0. The molecule has 0 aliphatic rings. The zero-order valence-corrected chi connectivity index (χ0v) is 10.9. The van der Waals surface area contributed by atoms with Crippen molar-refractivity contribution in [3.8, 4) is 6.07 Å². The van der Waals surface area contributed by atoms with Gasteiger partial charge in [0.25, 0.3) is 0 Å². The van der Waals surface area contributed by atoms with Gasteiger partial charge in [0.15, 0.2) is 0 Å². The van der Waals surface area contributed by atoms with Gasteiger partial charge in [-0.2, -0.15) is 5.26 Å². The van der Waals surface area contributed by atoms with Crippen LogP contribution in [0.15, 0.2) is 22.7 Å². The van der Waals surface area contributed by atoms with Crippen LogP contribution >= 0.6 is 15.9 Å². The van der Waals surface area contributed by atoms with Gasteiger partial charge in [0.05, 0.1) is 17.9 Å². The molecule has 0 heterocycles. The molecule has 1 rings (SSSR count). The first-order chi connectivity index (χ1) is 7.77. The number of hydrogen-bond donors (Lipinski definition) is 1. The molecule has 0 saturated carbocycles. The summed E-state index contributed by atoms with van der Waals surface area (Å²) in [6, 6.07) is 7.70. The second-order valence-electron chi connectivity index (χ2n) is 3.34. The highest BCUT2D eigenvalue weighted by atomic mass is 79.9. The third kappa shape index (κ3) is 4.21. The van der Waals surface area contributed by atoms with Crippen LogP contribution < -0.4 is 5.32 Å². The van der Waals surface area contributed by atoms with Crippen molar-refractivity contribution in [3.63, 3.8) is 0 Å². The average Bonchev–Trinajstić information content (AvgIpc) is 2.29. The number of nitrogens with one attached hydrogen (secondary N) is 1. The maximum atomic E-state index is 8.91. The monoisotopic (exact) mass is 282 g/mol. The Labute approximate surface area is 105 Å². The van der Waals surface area contributed by atoms with Crippen LogP contribution in [0.5, 0.6) is 0 Å². The molecule has 0 bridgehead atoms. The number of ether oxygens (including phenoxy) is 1. The van der Waals surface area contributed by atoms with E-state index in [0.717, 1.165) is 23.2 Å². The molecule has 0 amide bonds. The van der Waals surface area contributed by atoms with Gasteiger partial charge in [0, 0.05) is 17.6 Å². The molecule has 86 valence electrons. The third-order valence-corrected chi connectivity index (χ3v) is 2.51. The number of hydrogen-bond acceptors (Lipinski definition) is 3. The number of halogens is 1. The second kappa shape index (κ2) is 7.26. The van der Waals surface area contributed by atoms with Crippen molar-refractivity contribution in [1.82, 2.24) is 0 Å². The SMILES string of the molecule is CCCOCCNc1cc(Br)ccc1C#N. The highest BCUT2D eigenvalue weighted by Gasteiger charge is 2.01. The van der Waals surface area contributed by atoms with Gasteiger partial charge in [0.1, 0.15) is 6.07 Å². The topological polar surface area (TPSA) is 45.0 Å². The smallest absolute Gasteiger partial charge is 0.101 e. The molecular formula is C12H15BrN2O. The highest BCUT2D eigenvalue weighted by molar-refractivity contribution is 9.10. The summed E-state index contributed by atoms with van der Waals surface area (Å²) in [5, 5.41) is 12.1. The van der Waals surface area contributed by atoms with Crippen LogP contribution in [-0.4, -0.2) is 19.8 Å². The van der Waals surface area contributed by atoms with Crippen molar-refractivity contribution in [1.29, 1.82) is 5.26 Å². The lowest BCUT2D eigenvalue weighted by Crippen LogP contribution is -2.10. The van der Waals surface area contributed by atoms with Gasteiger partial charge in [-0.05, 0) is 24.6 Å². The maximum Gasteiger partial charge on any atom is 0.101 e. The van der Waals surface area contributed by atoms with E-state index in [0.29, 0.717) is 18.7 Å². The number of anilines is 1. The Morgan fingerprint density at radius 2 is 2.25 bits per heavy atom. The molecule has 0 aromatic heterocycles. The fourth-order valence-electron chi connectivity index (χ4n) is 1.26. The van der Waals surface area contributed by atoms with E-state index in [9.17, 15) is 0 Å². The van der Waals surface area contributed by atoms with Crippen molar-refractivity contribution in [2.24, 2.45) is 0 Å². The Balaban J connectivity index is 2.46. The molecule has 16 heavy (non-hydrogen) atoms. The zero-order chi connectivity index (χ0) is 11.8. The Kier molecular flexibility index (Phi) is 5.91. The van der Waals surface area contributed by atoms with Gasteiger partial charge in [-0.25, -0.2) is 0 Å². The molecule has 0 spiro atoms. The molecule has 0 unspecified atom stereocenters. The van der Waals surface area contributed by atoms with Crippen molar-refractivity contribution >= 4 is 21.6 Å². The fraction of sp³-hybridized carbons (Fsp3) is 0.417. The summed E-state index contributed by atoms with van der Waals surface area (Å²) < 4.78 is 6.31. The minimum absolute atomic E-state index is 0.652. The first-order valence-electron chi connectivity index (χ1n) is 5.29.